The Bertz CT molecular complexity index is 366. The van der Waals surface area contributed by atoms with Crippen LogP contribution in [0.25, 0.3) is 0 Å². The molecule has 0 heterocycles. The average Bonchev–Trinajstić information content (AvgIpc) is 2.28. The number of carbonyl (C=O) groups is 1. The van der Waals surface area contributed by atoms with Gasteiger partial charge in [-0.25, -0.2) is 0 Å². The third kappa shape index (κ3) is 3.54. The number of hydrogen-bond acceptors (Lipinski definition) is 3. The number of benzene rings is 1. The zero-order valence-corrected chi connectivity index (χ0v) is 10.7. The van der Waals surface area contributed by atoms with Gasteiger partial charge in [-0.15, -0.1) is 11.8 Å². The van der Waals surface area contributed by atoms with Crippen molar-refractivity contribution in [3.05, 3.63) is 29.8 Å². The normalized spacial score (nSPS) is 14.2. The summed E-state index contributed by atoms with van der Waals surface area (Å²) >= 11 is 1.54. The van der Waals surface area contributed by atoms with Gasteiger partial charge in [0.15, 0.2) is 0 Å². The van der Waals surface area contributed by atoms with E-state index in [4.69, 9.17) is 5.73 Å². The topological polar surface area (TPSA) is 55.1 Å². The van der Waals surface area contributed by atoms with Crippen LogP contribution < -0.4 is 11.1 Å². The highest BCUT2D eigenvalue weighted by atomic mass is 32.2. The Kier molecular flexibility index (Phi) is 4.83. The number of thioether (sulfide) groups is 1. The second-order valence-corrected chi connectivity index (χ2v) is 5.15. The molecule has 88 valence electrons. The SMILES string of the molecule is CNC(=O)C(C)Sc1cccc(C(C)N)c1. The summed E-state index contributed by atoms with van der Waals surface area (Å²) < 4.78 is 0. The molecule has 0 spiro atoms. The van der Waals surface area contributed by atoms with Crippen molar-refractivity contribution in [2.45, 2.75) is 30.0 Å². The Morgan fingerprint density at radius 1 is 1.44 bits per heavy atom. The van der Waals surface area contributed by atoms with Gasteiger partial charge in [-0.05, 0) is 31.5 Å². The summed E-state index contributed by atoms with van der Waals surface area (Å²) in [5, 5.41) is 2.55. The predicted molar refractivity (Wildman–Crippen MR) is 68.4 cm³/mol. The van der Waals surface area contributed by atoms with Crippen LogP contribution >= 0.6 is 11.8 Å². The van der Waals surface area contributed by atoms with E-state index in [1.54, 1.807) is 18.8 Å². The fourth-order valence-corrected chi connectivity index (χ4v) is 2.33. The standard InChI is InChI=1S/C12H18N2OS/c1-8(13)10-5-4-6-11(7-10)16-9(2)12(15)14-3/h4-9H,13H2,1-3H3,(H,14,15). The van der Waals surface area contributed by atoms with Crippen molar-refractivity contribution < 1.29 is 4.79 Å². The summed E-state index contributed by atoms with van der Waals surface area (Å²) in [6.07, 6.45) is 0. The highest BCUT2D eigenvalue weighted by Crippen LogP contribution is 2.25. The molecule has 0 saturated heterocycles. The van der Waals surface area contributed by atoms with Gasteiger partial charge in [0.2, 0.25) is 5.91 Å². The van der Waals surface area contributed by atoms with Crippen LogP contribution in [0.2, 0.25) is 0 Å². The van der Waals surface area contributed by atoms with Crippen molar-refractivity contribution in [2.24, 2.45) is 5.73 Å². The second kappa shape index (κ2) is 5.92. The molecule has 3 N–H and O–H groups in total. The minimum absolute atomic E-state index is 0.0239. The molecule has 3 nitrogen and oxygen atoms in total. The third-order valence-electron chi connectivity index (χ3n) is 2.31. The molecule has 0 fully saturated rings. The van der Waals surface area contributed by atoms with Gasteiger partial charge < -0.3 is 11.1 Å². The quantitative estimate of drug-likeness (QED) is 0.788. The van der Waals surface area contributed by atoms with E-state index in [9.17, 15) is 4.79 Å². The van der Waals surface area contributed by atoms with E-state index < -0.39 is 0 Å². The molecule has 16 heavy (non-hydrogen) atoms. The third-order valence-corrected chi connectivity index (χ3v) is 3.41. The van der Waals surface area contributed by atoms with Crippen LogP contribution in [0.5, 0.6) is 0 Å². The molecule has 1 amide bonds. The number of hydrogen-bond donors (Lipinski definition) is 2. The Morgan fingerprint density at radius 2 is 2.12 bits per heavy atom. The van der Waals surface area contributed by atoms with E-state index in [-0.39, 0.29) is 17.2 Å². The van der Waals surface area contributed by atoms with Gasteiger partial charge in [-0.2, -0.15) is 0 Å². The summed E-state index contributed by atoms with van der Waals surface area (Å²) in [6, 6.07) is 8.03. The summed E-state index contributed by atoms with van der Waals surface area (Å²) in [4.78, 5) is 12.5. The Hall–Kier alpha value is -1.00. The van der Waals surface area contributed by atoms with Crippen LogP contribution in [0.1, 0.15) is 25.5 Å². The van der Waals surface area contributed by atoms with E-state index in [2.05, 4.69) is 5.32 Å². The Balaban J connectivity index is 2.74. The maximum atomic E-state index is 11.4. The molecule has 0 aromatic heterocycles. The molecular weight excluding hydrogens is 220 g/mol. The molecular formula is C12H18N2OS. The second-order valence-electron chi connectivity index (χ2n) is 3.74. The number of carbonyl (C=O) groups excluding carboxylic acids is 1. The van der Waals surface area contributed by atoms with Crippen molar-refractivity contribution in [1.82, 2.24) is 5.32 Å². The van der Waals surface area contributed by atoms with Crippen molar-refractivity contribution >= 4 is 17.7 Å². The lowest BCUT2D eigenvalue weighted by atomic mass is 10.1. The summed E-state index contributed by atoms with van der Waals surface area (Å²) in [5.41, 5.74) is 6.90. The Morgan fingerprint density at radius 3 is 2.69 bits per heavy atom. The van der Waals surface area contributed by atoms with Crippen molar-refractivity contribution in [2.75, 3.05) is 7.05 Å². The first-order valence-corrected chi connectivity index (χ1v) is 6.16. The highest BCUT2D eigenvalue weighted by molar-refractivity contribution is 8.00. The van der Waals surface area contributed by atoms with Gasteiger partial charge in [-0.1, -0.05) is 12.1 Å². The van der Waals surface area contributed by atoms with E-state index in [1.165, 1.54) is 0 Å². The number of amides is 1. The lowest BCUT2D eigenvalue weighted by Gasteiger charge is -2.11. The first-order valence-electron chi connectivity index (χ1n) is 5.28. The van der Waals surface area contributed by atoms with Gasteiger partial charge in [-0.3, -0.25) is 4.79 Å². The zero-order valence-electron chi connectivity index (χ0n) is 9.86. The largest absolute Gasteiger partial charge is 0.358 e. The maximum Gasteiger partial charge on any atom is 0.232 e. The van der Waals surface area contributed by atoms with Gasteiger partial charge >= 0.3 is 0 Å². The van der Waals surface area contributed by atoms with E-state index in [0.29, 0.717) is 0 Å². The van der Waals surface area contributed by atoms with Gasteiger partial charge in [0.05, 0.1) is 5.25 Å². The minimum atomic E-state index is -0.0895. The lowest BCUT2D eigenvalue weighted by molar-refractivity contribution is -0.119. The van der Waals surface area contributed by atoms with E-state index in [1.807, 2.05) is 38.1 Å². The molecule has 1 rings (SSSR count). The Labute approximate surface area is 101 Å². The molecule has 1 aromatic carbocycles. The monoisotopic (exact) mass is 238 g/mol. The van der Waals surface area contributed by atoms with Crippen LogP contribution in [0.15, 0.2) is 29.2 Å². The van der Waals surface area contributed by atoms with Gasteiger partial charge in [0.25, 0.3) is 0 Å². The molecule has 0 saturated carbocycles. The first kappa shape index (κ1) is 13.1. The number of nitrogens with one attached hydrogen (secondary N) is 1. The highest BCUT2D eigenvalue weighted by Gasteiger charge is 2.12. The van der Waals surface area contributed by atoms with E-state index >= 15 is 0 Å². The molecule has 0 aliphatic carbocycles. The van der Waals surface area contributed by atoms with Gasteiger partial charge in [0.1, 0.15) is 0 Å². The molecule has 2 unspecified atom stereocenters. The van der Waals surface area contributed by atoms with Crippen LogP contribution in [-0.4, -0.2) is 18.2 Å². The zero-order chi connectivity index (χ0) is 12.1. The fraction of sp³-hybridized carbons (Fsp3) is 0.417. The van der Waals surface area contributed by atoms with Crippen LogP contribution in [0.4, 0.5) is 0 Å². The van der Waals surface area contributed by atoms with Crippen LogP contribution in [-0.2, 0) is 4.79 Å². The summed E-state index contributed by atoms with van der Waals surface area (Å²) in [6.45, 7) is 3.84. The van der Waals surface area contributed by atoms with Crippen LogP contribution in [0.3, 0.4) is 0 Å². The van der Waals surface area contributed by atoms with Crippen molar-refractivity contribution in [3.63, 3.8) is 0 Å². The number of rotatable bonds is 4. The van der Waals surface area contributed by atoms with Crippen LogP contribution in [0, 0.1) is 0 Å². The maximum absolute atomic E-state index is 11.4. The number of nitrogens with two attached hydrogens (primary N) is 1. The molecule has 2 atom stereocenters. The predicted octanol–water partition coefficient (Wildman–Crippen LogP) is 1.93. The molecule has 1 aromatic rings. The minimum Gasteiger partial charge on any atom is -0.358 e. The molecule has 0 radical (unpaired) electrons. The molecule has 0 aliphatic rings. The fourth-order valence-electron chi connectivity index (χ4n) is 1.33. The van der Waals surface area contributed by atoms with Crippen molar-refractivity contribution in [1.29, 1.82) is 0 Å². The average molecular weight is 238 g/mol. The van der Waals surface area contributed by atoms with Crippen molar-refractivity contribution in [3.8, 4) is 0 Å². The summed E-state index contributed by atoms with van der Waals surface area (Å²) in [5.74, 6) is 0.0381. The lowest BCUT2D eigenvalue weighted by Crippen LogP contribution is -2.27. The molecule has 0 aliphatic heterocycles. The smallest absolute Gasteiger partial charge is 0.232 e. The molecule has 0 bridgehead atoms. The summed E-state index contributed by atoms with van der Waals surface area (Å²) in [7, 11) is 1.65. The van der Waals surface area contributed by atoms with E-state index in [0.717, 1.165) is 10.5 Å². The van der Waals surface area contributed by atoms with Gasteiger partial charge in [0, 0.05) is 18.0 Å². The molecule has 4 heteroatoms. The first-order chi connectivity index (χ1) is 7.54.